The summed E-state index contributed by atoms with van der Waals surface area (Å²) < 4.78 is 6.56. The van der Waals surface area contributed by atoms with Crippen molar-refractivity contribution in [3.63, 3.8) is 0 Å². The van der Waals surface area contributed by atoms with Gasteiger partial charge in [0.05, 0.1) is 12.2 Å². The molecule has 98 valence electrons. The Balaban J connectivity index is 2.02. The molecule has 0 saturated heterocycles. The second kappa shape index (κ2) is 6.48. The highest BCUT2D eigenvalue weighted by molar-refractivity contribution is 9.10. The maximum Gasteiger partial charge on any atom is 0.163 e. The number of ketones is 1. The van der Waals surface area contributed by atoms with Gasteiger partial charge in [-0.3, -0.25) is 9.78 Å². The molecule has 4 heteroatoms. The van der Waals surface area contributed by atoms with Gasteiger partial charge in [0, 0.05) is 23.3 Å². The molecule has 0 bridgehead atoms. The summed E-state index contributed by atoms with van der Waals surface area (Å²) in [6, 6.07) is 9.36. The number of ether oxygens (including phenoxy) is 1. The molecule has 3 nitrogen and oxygen atoms in total. The number of rotatable bonds is 5. The smallest absolute Gasteiger partial charge is 0.163 e. The fraction of sp³-hybridized carbons (Fsp3) is 0.200. The van der Waals surface area contributed by atoms with E-state index in [1.54, 1.807) is 12.3 Å². The molecule has 1 aromatic heterocycles. The number of pyridine rings is 1. The van der Waals surface area contributed by atoms with Crippen LogP contribution in [0.2, 0.25) is 0 Å². The second-order valence-electron chi connectivity index (χ2n) is 4.16. The van der Waals surface area contributed by atoms with Gasteiger partial charge in [-0.25, -0.2) is 0 Å². The predicted octanol–water partition coefficient (Wildman–Crippen LogP) is 3.67. The van der Waals surface area contributed by atoms with Crippen molar-refractivity contribution in [3.05, 3.63) is 58.3 Å². The van der Waals surface area contributed by atoms with Crippen molar-refractivity contribution in [3.8, 4) is 5.75 Å². The van der Waals surface area contributed by atoms with Crippen LogP contribution in [0.15, 0.2) is 47.2 Å². The second-order valence-corrected chi connectivity index (χ2v) is 5.07. The van der Waals surface area contributed by atoms with E-state index in [1.165, 1.54) is 6.92 Å². The van der Waals surface area contributed by atoms with Crippen molar-refractivity contribution in [2.24, 2.45) is 0 Å². The molecule has 0 aliphatic rings. The summed E-state index contributed by atoms with van der Waals surface area (Å²) in [4.78, 5) is 15.6. The van der Waals surface area contributed by atoms with E-state index in [0.717, 1.165) is 16.5 Å². The SMILES string of the molecule is CC(=O)c1cc(Br)ccc1OCCc1cccnc1. The lowest BCUT2D eigenvalue weighted by Gasteiger charge is -2.10. The Bertz CT molecular complexity index is 570. The average Bonchev–Trinajstić information content (AvgIpc) is 2.41. The Morgan fingerprint density at radius 2 is 2.21 bits per heavy atom. The Morgan fingerprint density at radius 1 is 1.37 bits per heavy atom. The van der Waals surface area contributed by atoms with Crippen LogP contribution in [0, 0.1) is 0 Å². The average molecular weight is 320 g/mol. The van der Waals surface area contributed by atoms with Crippen molar-refractivity contribution in [1.29, 1.82) is 0 Å². The van der Waals surface area contributed by atoms with Crippen LogP contribution in [0.3, 0.4) is 0 Å². The fourth-order valence-corrected chi connectivity index (χ4v) is 2.09. The number of hydrogen-bond acceptors (Lipinski definition) is 3. The Hall–Kier alpha value is -1.68. The van der Waals surface area contributed by atoms with E-state index in [-0.39, 0.29) is 5.78 Å². The van der Waals surface area contributed by atoms with Gasteiger partial charge in [0.15, 0.2) is 5.78 Å². The molecular weight excluding hydrogens is 306 g/mol. The number of hydrogen-bond donors (Lipinski definition) is 0. The highest BCUT2D eigenvalue weighted by Gasteiger charge is 2.09. The van der Waals surface area contributed by atoms with E-state index in [4.69, 9.17) is 4.74 Å². The number of benzene rings is 1. The molecule has 0 saturated carbocycles. The summed E-state index contributed by atoms with van der Waals surface area (Å²) in [5, 5.41) is 0. The van der Waals surface area contributed by atoms with E-state index in [0.29, 0.717) is 17.9 Å². The van der Waals surface area contributed by atoms with Crippen molar-refractivity contribution in [2.45, 2.75) is 13.3 Å². The summed E-state index contributed by atoms with van der Waals surface area (Å²) in [7, 11) is 0. The molecule has 19 heavy (non-hydrogen) atoms. The quantitative estimate of drug-likeness (QED) is 0.789. The first-order valence-corrected chi connectivity index (χ1v) is 6.78. The lowest BCUT2D eigenvalue weighted by molar-refractivity contribution is 0.101. The van der Waals surface area contributed by atoms with E-state index in [1.807, 2.05) is 30.5 Å². The number of nitrogens with zero attached hydrogens (tertiary/aromatic N) is 1. The van der Waals surface area contributed by atoms with Crippen LogP contribution in [0.1, 0.15) is 22.8 Å². The van der Waals surface area contributed by atoms with Crippen LogP contribution in [0.4, 0.5) is 0 Å². The largest absolute Gasteiger partial charge is 0.492 e. The zero-order valence-electron chi connectivity index (χ0n) is 10.6. The van der Waals surface area contributed by atoms with E-state index >= 15 is 0 Å². The van der Waals surface area contributed by atoms with Gasteiger partial charge in [-0.2, -0.15) is 0 Å². The van der Waals surface area contributed by atoms with Crippen molar-refractivity contribution < 1.29 is 9.53 Å². The molecular formula is C15H14BrNO2. The third-order valence-electron chi connectivity index (χ3n) is 2.69. The van der Waals surface area contributed by atoms with E-state index < -0.39 is 0 Å². The zero-order chi connectivity index (χ0) is 13.7. The van der Waals surface area contributed by atoms with Gasteiger partial charge in [0.25, 0.3) is 0 Å². The maximum absolute atomic E-state index is 11.5. The topological polar surface area (TPSA) is 39.2 Å². The minimum Gasteiger partial charge on any atom is -0.492 e. The molecule has 0 aliphatic heterocycles. The molecule has 0 N–H and O–H groups in total. The van der Waals surface area contributed by atoms with E-state index in [9.17, 15) is 4.79 Å². The van der Waals surface area contributed by atoms with Crippen LogP contribution >= 0.6 is 15.9 Å². The number of halogens is 1. The van der Waals surface area contributed by atoms with Crippen LogP contribution in [-0.2, 0) is 6.42 Å². The molecule has 0 unspecified atom stereocenters. The normalized spacial score (nSPS) is 10.2. The lowest BCUT2D eigenvalue weighted by Crippen LogP contribution is -2.05. The third kappa shape index (κ3) is 3.89. The molecule has 0 fully saturated rings. The van der Waals surface area contributed by atoms with Crippen molar-refractivity contribution >= 4 is 21.7 Å². The molecule has 2 rings (SSSR count). The number of aromatic nitrogens is 1. The van der Waals surface area contributed by atoms with Gasteiger partial charge < -0.3 is 4.74 Å². The van der Waals surface area contributed by atoms with Crippen molar-refractivity contribution in [2.75, 3.05) is 6.61 Å². The van der Waals surface area contributed by atoms with Crippen LogP contribution in [-0.4, -0.2) is 17.4 Å². The highest BCUT2D eigenvalue weighted by Crippen LogP contribution is 2.23. The fourth-order valence-electron chi connectivity index (χ4n) is 1.73. The van der Waals surface area contributed by atoms with Crippen LogP contribution in [0.25, 0.3) is 0 Å². The van der Waals surface area contributed by atoms with Crippen molar-refractivity contribution in [1.82, 2.24) is 4.98 Å². The first kappa shape index (κ1) is 13.7. The van der Waals surface area contributed by atoms with Gasteiger partial charge >= 0.3 is 0 Å². The summed E-state index contributed by atoms with van der Waals surface area (Å²) in [5.41, 5.74) is 1.71. The minimum atomic E-state index is -0.00215. The summed E-state index contributed by atoms with van der Waals surface area (Å²) in [5.74, 6) is 0.622. The predicted molar refractivity (Wildman–Crippen MR) is 77.6 cm³/mol. The van der Waals surface area contributed by atoms with Gasteiger partial charge in [-0.05, 0) is 36.8 Å². The molecule has 1 heterocycles. The van der Waals surface area contributed by atoms with Gasteiger partial charge in [0.1, 0.15) is 5.75 Å². The van der Waals surface area contributed by atoms with Crippen LogP contribution < -0.4 is 4.74 Å². The number of Topliss-reactive ketones (excluding diaryl/α,β-unsaturated/α-hetero) is 1. The molecule has 0 amide bonds. The van der Waals surface area contributed by atoms with Gasteiger partial charge in [-0.1, -0.05) is 22.0 Å². The summed E-state index contributed by atoms with van der Waals surface area (Å²) in [6.07, 6.45) is 4.32. The zero-order valence-corrected chi connectivity index (χ0v) is 12.2. The lowest BCUT2D eigenvalue weighted by atomic mass is 10.1. The number of carbonyl (C=O) groups is 1. The molecule has 0 spiro atoms. The third-order valence-corrected chi connectivity index (χ3v) is 3.19. The molecule has 0 aliphatic carbocycles. The standard InChI is InChI=1S/C15H14BrNO2/c1-11(18)14-9-13(16)4-5-15(14)19-8-6-12-3-2-7-17-10-12/h2-5,7,9-10H,6,8H2,1H3. The van der Waals surface area contributed by atoms with Gasteiger partial charge in [-0.15, -0.1) is 0 Å². The Labute approximate surface area is 120 Å². The highest BCUT2D eigenvalue weighted by atomic mass is 79.9. The molecule has 2 aromatic rings. The van der Waals surface area contributed by atoms with E-state index in [2.05, 4.69) is 20.9 Å². The first-order chi connectivity index (χ1) is 9.16. The summed E-state index contributed by atoms with van der Waals surface area (Å²) >= 11 is 3.35. The monoisotopic (exact) mass is 319 g/mol. The van der Waals surface area contributed by atoms with Crippen LogP contribution in [0.5, 0.6) is 5.75 Å². The molecule has 0 radical (unpaired) electrons. The Morgan fingerprint density at radius 3 is 2.89 bits per heavy atom. The molecule has 0 atom stereocenters. The first-order valence-electron chi connectivity index (χ1n) is 5.99. The minimum absolute atomic E-state index is 0.00215. The number of carbonyl (C=O) groups excluding carboxylic acids is 1. The maximum atomic E-state index is 11.5. The molecule has 1 aromatic carbocycles. The van der Waals surface area contributed by atoms with Gasteiger partial charge in [0.2, 0.25) is 0 Å². The Kier molecular flexibility index (Phi) is 4.68. The summed E-state index contributed by atoms with van der Waals surface area (Å²) in [6.45, 7) is 2.06.